The topological polar surface area (TPSA) is 48.0 Å². The van der Waals surface area contributed by atoms with Crippen LogP contribution in [0.2, 0.25) is 0 Å². The molecule has 0 aliphatic rings. The van der Waals surface area contributed by atoms with Crippen molar-refractivity contribution in [2.45, 2.75) is 51.6 Å². The minimum Gasteiger partial charge on any atom is -0.379 e. The number of alkyl halides is 2. The third kappa shape index (κ3) is 7.23. The van der Waals surface area contributed by atoms with Gasteiger partial charge in [-0.3, -0.25) is 9.63 Å². The zero-order valence-corrected chi connectivity index (χ0v) is 15.2. The second kappa shape index (κ2) is 12.3. The molecule has 2 atom stereocenters. The Balaban J connectivity index is 5.10. The molecule has 0 fully saturated rings. The smallest absolute Gasteiger partial charge is 0.335 e. The zero-order valence-electron chi connectivity index (χ0n) is 15.2. The number of unbranched alkanes of at least 4 members (excludes halogenated alkanes) is 2. The maximum absolute atomic E-state index is 14.6. The molecule has 0 bridgehead atoms. The highest BCUT2D eigenvalue weighted by molar-refractivity contribution is 5.83. The van der Waals surface area contributed by atoms with Gasteiger partial charge in [0.15, 0.2) is 0 Å². The molecule has 24 heavy (non-hydrogen) atoms. The molecular weight excluding hydrogens is 320 g/mol. The molecule has 0 aliphatic heterocycles. The molecule has 0 heterocycles. The highest BCUT2D eigenvalue weighted by atomic mass is 19.3. The van der Waals surface area contributed by atoms with Gasteiger partial charge >= 0.3 is 11.8 Å². The summed E-state index contributed by atoms with van der Waals surface area (Å²) in [6, 6.07) is 0. The second-order valence-corrected chi connectivity index (χ2v) is 5.56. The lowest BCUT2D eigenvalue weighted by Crippen LogP contribution is -2.50. The van der Waals surface area contributed by atoms with Gasteiger partial charge in [-0.1, -0.05) is 32.8 Å². The van der Waals surface area contributed by atoms with E-state index >= 15 is 0 Å². The van der Waals surface area contributed by atoms with E-state index in [4.69, 9.17) is 9.47 Å². The van der Waals surface area contributed by atoms with Crippen LogP contribution in [0.5, 0.6) is 0 Å². The van der Waals surface area contributed by atoms with Crippen LogP contribution in [0.4, 0.5) is 8.78 Å². The molecule has 142 valence electrons. The van der Waals surface area contributed by atoms with Crippen LogP contribution in [0, 0.1) is 5.92 Å². The number of nitrogens with zero attached hydrogens (tertiary/aromatic N) is 1. The molecule has 5 nitrogen and oxygen atoms in total. The number of hydrogen-bond donors (Lipinski definition) is 0. The number of hydrogen-bond acceptors (Lipinski definition) is 4. The Hall–Kier alpha value is -1.05. The molecule has 0 N–H and O–H groups in total. The summed E-state index contributed by atoms with van der Waals surface area (Å²) in [4.78, 5) is 16.5. The van der Waals surface area contributed by atoms with Crippen molar-refractivity contribution in [3.05, 3.63) is 12.7 Å². The van der Waals surface area contributed by atoms with Crippen molar-refractivity contribution in [1.82, 2.24) is 5.06 Å². The van der Waals surface area contributed by atoms with E-state index in [9.17, 15) is 13.6 Å². The summed E-state index contributed by atoms with van der Waals surface area (Å²) in [6.45, 7) is 8.23. The van der Waals surface area contributed by atoms with Crippen LogP contribution in [-0.2, 0) is 19.1 Å². The molecule has 0 aromatic heterocycles. The van der Waals surface area contributed by atoms with Crippen LogP contribution in [0.15, 0.2) is 12.7 Å². The van der Waals surface area contributed by atoms with Crippen molar-refractivity contribution in [3.8, 4) is 0 Å². The molecule has 0 aromatic rings. The summed E-state index contributed by atoms with van der Waals surface area (Å²) < 4.78 is 40.2. The van der Waals surface area contributed by atoms with Crippen LogP contribution in [0.25, 0.3) is 0 Å². The number of halogens is 2. The molecule has 0 radical (unpaired) electrons. The number of carbonyl (C=O) groups is 1. The number of ether oxygens (including phenoxy) is 2. The summed E-state index contributed by atoms with van der Waals surface area (Å²) in [5.41, 5.74) is 0. The normalized spacial score (nSPS) is 14.2. The van der Waals surface area contributed by atoms with Crippen molar-refractivity contribution in [2.24, 2.45) is 5.92 Å². The first kappa shape index (κ1) is 22.9. The maximum Gasteiger partial charge on any atom is 0.335 e. The Bertz CT molecular complexity index is 366. The maximum atomic E-state index is 14.6. The highest BCUT2D eigenvalue weighted by Crippen LogP contribution is 2.32. The first-order valence-electron chi connectivity index (χ1n) is 8.38. The number of amides is 1. The molecule has 0 saturated carbocycles. The first-order chi connectivity index (χ1) is 11.4. The van der Waals surface area contributed by atoms with E-state index in [2.05, 4.69) is 11.4 Å². The molecule has 0 saturated heterocycles. The molecule has 0 aromatic carbocycles. The molecule has 0 aliphatic carbocycles. The Labute approximate surface area is 143 Å². The minimum atomic E-state index is -3.70. The molecular formula is C17H31F2NO4. The lowest BCUT2D eigenvalue weighted by Gasteiger charge is -2.32. The fourth-order valence-electron chi connectivity index (χ4n) is 2.05. The van der Waals surface area contributed by atoms with E-state index < -0.39 is 23.9 Å². The van der Waals surface area contributed by atoms with E-state index in [1.807, 2.05) is 13.8 Å². The number of rotatable bonds is 14. The quantitative estimate of drug-likeness (QED) is 0.273. The van der Waals surface area contributed by atoms with Gasteiger partial charge in [-0.25, -0.2) is 5.06 Å². The van der Waals surface area contributed by atoms with E-state index in [1.165, 1.54) is 0 Å². The summed E-state index contributed by atoms with van der Waals surface area (Å²) in [5, 5.41) is 0.511. The molecule has 7 heteroatoms. The average molecular weight is 351 g/mol. The van der Waals surface area contributed by atoms with E-state index in [-0.39, 0.29) is 6.61 Å². The largest absolute Gasteiger partial charge is 0.379 e. The van der Waals surface area contributed by atoms with Gasteiger partial charge in [-0.05, 0) is 12.8 Å². The fraction of sp³-hybridized carbons (Fsp3) is 0.824. The van der Waals surface area contributed by atoms with Crippen LogP contribution in [-0.4, -0.2) is 57.0 Å². The van der Waals surface area contributed by atoms with Crippen molar-refractivity contribution in [2.75, 3.05) is 34.0 Å². The molecule has 1 amide bonds. The third-order valence-corrected chi connectivity index (χ3v) is 3.67. The molecule has 0 spiro atoms. The van der Waals surface area contributed by atoms with Crippen molar-refractivity contribution < 1.29 is 27.9 Å². The van der Waals surface area contributed by atoms with Gasteiger partial charge in [0.25, 0.3) is 0 Å². The number of hydroxylamine groups is 2. The second-order valence-electron chi connectivity index (χ2n) is 5.56. The van der Waals surface area contributed by atoms with Gasteiger partial charge in [0.05, 0.1) is 25.7 Å². The van der Waals surface area contributed by atoms with Gasteiger partial charge in [0.2, 0.25) is 0 Å². The third-order valence-electron chi connectivity index (χ3n) is 3.67. The van der Waals surface area contributed by atoms with Crippen molar-refractivity contribution in [3.63, 3.8) is 0 Å². The summed E-state index contributed by atoms with van der Waals surface area (Å²) in [5.74, 6) is -6.63. The molecule has 0 rings (SSSR count). The Morgan fingerprint density at radius 3 is 2.33 bits per heavy atom. The predicted molar refractivity (Wildman–Crippen MR) is 88.8 cm³/mol. The van der Waals surface area contributed by atoms with Crippen LogP contribution in [0.1, 0.15) is 39.5 Å². The van der Waals surface area contributed by atoms with E-state index in [1.54, 1.807) is 0 Å². The zero-order chi connectivity index (χ0) is 18.6. The van der Waals surface area contributed by atoms with Gasteiger partial charge in [0.1, 0.15) is 0 Å². The van der Waals surface area contributed by atoms with E-state index in [0.29, 0.717) is 18.3 Å². The van der Waals surface area contributed by atoms with Gasteiger partial charge in [-0.2, -0.15) is 8.78 Å². The fourth-order valence-corrected chi connectivity index (χ4v) is 2.05. The summed E-state index contributed by atoms with van der Waals surface area (Å²) in [7, 11) is 2.29. The number of carbonyl (C=O) groups excluding carboxylic acids is 1. The first-order valence-corrected chi connectivity index (χ1v) is 8.38. The summed E-state index contributed by atoms with van der Waals surface area (Å²) >= 11 is 0. The van der Waals surface area contributed by atoms with Crippen LogP contribution in [0.3, 0.4) is 0 Å². The van der Waals surface area contributed by atoms with E-state index in [0.717, 1.165) is 45.9 Å². The Kier molecular flexibility index (Phi) is 11.8. The van der Waals surface area contributed by atoms with Crippen LogP contribution >= 0.6 is 0 Å². The summed E-state index contributed by atoms with van der Waals surface area (Å²) in [6.07, 6.45) is 3.51. The van der Waals surface area contributed by atoms with Gasteiger partial charge < -0.3 is 9.47 Å². The predicted octanol–water partition coefficient (Wildman–Crippen LogP) is 3.45. The van der Waals surface area contributed by atoms with Crippen molar-refractivity contribution >= 4 is 5.91 Å². The van der Waals surface area contributed by atoms with Gasteiger partial charge in [-0.15, -0.1) is 6.58 Å². The Morgan fingerprint density at radius 2 is 1.83 bits per heavy atom. The Morgan fingerprint density at radius 1 is 1.25 bits per heavy atom. The van der Waals surface area contributed by atoms with Crippen molar-refractivity contribution in [1.29, 1.82) is 0 Å². The van der Waals surface area contributed by atoms with Gasteiger partial charge in [0, 0.05) is 20.3 Å². The van der Waals surface area contributed by atoms with Crippen LogP contribution < -0.4 is 0 Å². The monoisotopic (exact) mass is 351 g/mol. The standard InChI is InChI=1S/C17H31F2NO4/c1-6-9-11-23-13-15(24-12-10-7-2)14(8-3)17(18,19)16(21)20(4)22-5/h8,14-15H,3,6-7,9-13H2,1-2,4-5H3/t14-,15-/m0/s1. The SMILES string of the molecule is C=C[C@@H]([C@H](COCCCC)OCCCC)C(F)(F)C(=O)N(C)OC. The molecule has 0 unspecified atom stereocenters. The minimum absolute atomic E-state index is 0.0139. The highest BCUT2D eigenvalue weighted by Gasteiger charge is 2.51. The lowest BCUT2D eigenvalue weighted by molar-refractivity contribution is -0.206. The average Bonchev–Trinajstić information content (AvgIpc) is 2.57. The lowest BCUT2D eigenvalue weighted by atomic mass is 9.94.